The number of carbonyl (C=O) groups excluding carboxylic acids is 1. The Morgan fingerprint density at radius 1 is 1.06 bits per heavy atom. The third-order valence-electron chi connectivity index (χ3n) is 4.34. The fourth-order valence-corrected chi connectivity index (χ4v) is 4.85. The summed E-state index contributed by atoms with van der Waals surface area (Å²) in [7, 11) is 0. The van der Waals surface area contributed by atoms with E-state index in [0.717, 1.165) is 43.7 Å². The third kappa shape index (κ3) is 6.51. The fraction of sp³-hybridized carbons (Fsp3) is 0.261. The van der Waals surface area contributed by atoms with Crippen LogP contribution in [0.1, 0.15) is 22.9 Å². The molecule has 3 nitrogen and oxygen atoms in total. The summed E-state index contributed by atoms with van der Waals surface area (Å²) < 4.78 is 48.5. The molecule has 0 spiro atoms. The SMILES string of the molecule is CCOC(=O)COc1ccc(SCc2ccc(-c3ccc(C(F)(F)F)cc3)s2)cc1C. The zero-order valence-electron chi connectivity index (χ0n) is 17.0. The maximum atomic E-state index is 12.7. The number of aryl methyl sites for hydroxylation is 1. The average Bonchev–Trinajstić information content (AvgIpc) is 3.20. The van der Waals surface area contributed by atoms with Crippen LogP contribution in [0.15, 0.2) is 59.5 Å². The molecule has 1 heterocycles. The van der Waals surface area contributed by atoms with Gasteiger partial charge in [0, 0.05) is 20.4 Å². The van der Waals surface area contributed by atoms with Crippen LogP contribution in [0.2, 0.25) is 0 Å². The second-order valence-corrected chi connectivity index (χ2v) is 8.87. The normalized spacial score (nSPS) is 11.4. The van der Waals surface area contributed by atoms with Crippen molar-refractivity contribution in [2.45, 2.75) is 30.7 Å². The Bertz CT molecular complexity index is 1030. The van der Waals surface area contributed by atoms with Gasteiger partial charge in [0.05, 0.1) is 12.2 Å². The van der Waals surface area contributed by atoms with Crippen LogP contribution >= 0.6 is 23.1 Å². The summed E-state index contributed by atoms with van der Waals surface area (Å²) in [4.78, 5) is 14.5. The number of thiophene rings is 1. The van der Waals surface area contributed by atoms with E-state index in [2.05, 4.69) is 0 Å². The predicted octanol–water partition coefficient (Wildman–Crippen LogP) is 6.98. The van der Waals surface area contributed by atoms with Gasteiger partial charge in [-0.25, -0.2) is 4.79 Å². The number of thioether (sulfide) groups is 1. The Kier molecular flexibility index (Phi) is 7.67. The van der Waals surface area contributed by atoms with Crippen molar-refractivity contribution in [2.24, 2.45) is 0 Å². The summed E-state index contributed by atoms with van der Waals surface area (Å²) in [5.74, 6) is 0.980. The van der Waals surface area contributed by atoms with E-state index in [4.69, 9.17) is 9.47 Å². The molecule has 164 valence electrons. The molecule has 0 amide bonds. The molecule has 0 N–H and O–H groups in total. The average molecular weight is 467 g/mol. The molecule has 3 rings (SSSR count). The van der Waals surface area contributed by atoms with E-state index >= 15 is 0 Å². The van der Waals surface area contributed by atoms with Crippen molar-refractivity contribution < 1.29 is 27.4 Å². The highest BCUT2D eigenvalue weighted by Crippen LogP contribution is 2.35. The first kappa shape index (κ1) is 23.2. The quantitative estimate of drug-likeness (QED) is 0.265. The van der Waals surface area contributed by atoms with Crippen molar-refractivity contribution in [2.75, 3.05) is 13.2 Å². The van der Waals surface area contributed by atoms with E-state index in [0.29, 0.717) is 12.4 Å². The highest BCUT2D eigenvalue weighted by atomic mass is 32.2. The van der Waals surface area contributed by atoms with Gasteiger partial charge in [0.2, 0.25) is 0 Å². The van der Waals surface area contributed by atoms with Gasteiger partial charge in [-0.1, -0.05) is 12.1 Å². The van der Waals surface area contributed by atoms with Crippen molar-refractivity contribution in [1.29, 1.82) is 0 Å². The lowest BCUT2D eigenvalue weighted by atomic mass is 10.1. The first-order valence-electron chi connectivity index (χ1n) is 9.54. The Hall–Kier alpha value is -2.45. The zero-order chi connectivity index (χ0) is 22.4. The lowest BCUT2D eigenvalue weighted by Crippen LogP contribution is -2.14. The number of alkyl halides is 3. The fourth-order valence-electron chi connectivity index (χ4n) is 2.80. The number of hydrogen-bond acceptors (Lipinski definition) is 5. The summed E-state index contributed by atoms with van der Waals surface area (Å²) in [5, 5.41) is 0. The third-order valence-corrected chi connectivity index (χ3v) is 6.70. The maximum Gasteiger partial charge on any atom is 0.416 e. The van der Waals surface area contributed by atoms with Gasteiger partial charge in [0.15, 0.2) is 6.61 Å². The molecule has 0 atom stereocenters. The highest BCUT2D eigenvalue weighted by molar-refractivity contribution is 7.98. The van der Waals surface area contributed by atoms with Crippen molar-refractivity contribution >= 4 is 29.1 Å². The number of rotatable bonds is 8. The second kappa shape index (κ2) is 10.2. The van der Waals surface area contributed by atoms with E-state index < -0.39 is 17.7 Å². The molecule has 0 fully saturated rings. The second-order valence-electron chi connectivity index (χ2n) is 6.65. The molecule has 2 aromatic carbocycles. The summed E-state index contributed by atoms with van der Waals surface area (Å²) >= 11 is 3.22. The molecular formula is C23H21F3O3S2. The lowest BCUT2D eigenvalue weighted by molar-refractivity contribution is -0.145. The van der Waals surface area contributed by atoms with E-state index in [1.54, 1.807) is 30.0 Å². The van der Waals surface area contributed by atoms with Gasteiger partial charge < -0.3 is 9.47 Å². The van der Waals surface area contributed by atoms with Crippen LogP contribution in [0.3, 0.4) is 0 Å². The van der Waals surface area contributed by atoms with Crippen LogP contribution in [-0.4, -0.2) is 19.2 Å². The van der Waals surface area contributed by atoms with Crippen molar-refractivity contribution in [3.63, 3.8) is 0 Å². The largest absolute Gasteiger partial charge is 0.482 e. The summed E-state index contributed by atoms with van der Waals surface area (Å²) in [5.41, 5.74) is 1.05. The number of benzene rings is 2. The summed E-state index contributed by atoms with van der Waals surface area (Å²) in [6.45, 7) is 3.86. The van der Waals surface area contributed by atoms with Crippen LogP contribution in [0.5, 0.6) is 5.75 Å². The number of ether oxygens (including phenoxy) is 2. The molecule has 0 aliphatic rings. The number of carbonyl (C=O) groups is 1. The Labute approximate surface area is 187 Å². The molecule has 8 heteroatoms. The number of esters is 1. The van der Waals surface area contributed by atoms with Gasteiger partial charge in [-0.15, -0.1) is 23.1 Å². The molecule has 0 aliphatic carbocycles. The first-order chi connectivity index (χ1) is 14.8. The van der Waals surface area contributed by atoms with Gasteiger partial charge in [-0.05, 0) is 67.4 Å². The molecule has 0 unspecified atom stereocenters. The zero-order valence-corrected chi connectivity index (χ0v) is 18.6. The molecule has 0 aliphatic heterocycles. The molecule has 0 saturated carbocycles. The molecule has 0 radical (unpaired) electrons. The number of hydrogen-bond donors (Lipinski definition) is 0. The molecule has 1 aromatic heterocycles. The minimum atomic E-state index is -4.33. The lowest BCUT2D eigenvalue weighted by Gasteiger charge is -2.10. The van der Waals surface area contributed by atoms with Gasteiger partial charge in [-0.3, -0.25) is 0 Å². The molecule has 0 saturated heterocycles. The molecular weight excluding hydrogens is 445 g/mol. The molecule has 31 heavy (non-hydrogen) atoms. The summed E-state index contributed by atoms with van der Waals surface area (Å²) in [6, 6.07) is 14.9. The van der Waals surface area contributed by atoms with Crippen molar-refractivity contribution in [1.82, 2.24) is 0 Å². The topological polar surface area (TPSA) is 35.5 Å². The highest BCUT2D eigenvalue weighted by Gasteiger charge is 2.30. The van der Waals surface area contributed by atoms with Crippen LogP contribution in [0.4, 0.5) is 13.2 Å². The Morgan fingerprint density at radius 2 is 1.81 bits per heavy atom. The van der Waals surface area contributed by atoms with E-state index in [9.17, 15) is 18.0 Å². The molecule has 3 aromatic rings. The van der Waals surface area contributed by atoms with Gasteiger partial charge in [0.25, 0.3) is 0 Å². The maximum absolute atomic E-state index is 12.7. The minimum Gasteiger partial charge on any atom is -0.482 e. The van der Waals surface area contributed by atoms with Crippen LogP contribution in [0, 0.1) is 6.92 Å². The Balaban J connectivity index is 1.58. The predicted molar refractivity (Wildman–Crippen MR) is 118 cm³/mol. The molecule has 0 bridgehead atoms. The summed E-state index contributed by atoms with van der Waals surface area (Å²) in [6.07, 6.45) is -4.33. The smallest absolute Gasteiger partial charge is 0.416 e. The van der Waals surface area contributed by atoms with Gasteiger partial charge >= 0.3 is 12.1 Å². The van der Waals surface area contributed by atoms with Crippen LogP contribution in [-0.2, 0) is 21.5 Å². The van der Waals surface area contributed by atoms with Crippen molar-refractivity contribution in [3.05, 3.63) is 70.6 Å². The standard InChI is InChI=1S/C23H21F3O3S2/c1-3-28-22(27)13-29-20-10-8-18(12-15(20)2)30-14-19-9-11-21(31-19)16-4-6-17(7-5-16)23(24,25)26/h4-12H,3,13-14H2,1-2H3. The van der Waals surface area contributed by atoms with Gasteiger partial charge in [0.1, 0.15) is 5.75 Å². The van der Waals surface area contributed by atoms with Crippen LogP contribution < -0.4 is 4.74 Å². The van der Waals surface area contributed by atoms with E-state index in [1.165, 1.54) is 12.1 Å². The minimum absolute atomic E-state index is 0.122. The number of halogens is 3. The van der Waals surface area contributed by atoms with E-state index in [-0.39, 0.29) is 6.61 Å². The van der Waals surface area contributed by atoms with Crippen molar-refractivity contribution in [3.8, 4) is 16.2 Å². The first-order valence-corrected chi connectivity index (χ1v) is 11.3. The van der Waals surface area contributed by atoms with Crippen LogP contribution in [0.25, 0.3) is 10.4 Å². The Morgan fingerprint density at radius 3 is 2.45 bits per heavy atom. The monoisotopic (exact) mass is 466 g/mol. The van der Waals surface area contributed by atoms with Gasteiger partial charge in [-0.2, -0.15) is 13.2 Å². The van der Waals surface area contributed by atoms with E-state index in [1.807, 2.05) is 37.3 Å².